The molecule has 0 aliphatic heterocycles. The van der Waals surface area contributed by atoms with Crippen LogP contribution in [0.25, 0.3) is 0 Å². The first kappa shape index (κ1) is 19.2. The van der Waals surface area contributed by atoms with Gasteiger partial charge in [0.25, 0.3) is 0 Å². The molecule has 22 heavy (non-hydrogen) atoms. The molecular weight excluding hydrogens is 296 g/mol. The van der Waals surface area contributed by atoms with E-state index in [4.69, 9.17) is 0 Å². The first-order chi connectivity index (χ1) is 10.6. The quantitative estimate of drug-likeness (QED) is 0.391. The van der Waals surface area contributed by atoms with Crippen LogP contribution in [-0.2, 0) is 16.5 Å². The maximum absolute atomic E-state index is 10.4. The Morgan fingerprint density at radius 1 is 0.682 bits per heavy atom. The van der Waals surface area contributed by atoms with Crippen molar-refractivity contribution in [3.63, 3.8) is 0 Å². The van der Waals surface area contributed by atoms with Gasteiger partial charge in [-0.3, -0.25) is 0 Å². The topological polar surface area (TPSA) is 57.2 Å². The van der Waals surface area contributed by atoms with Crippen molar-refractivity contribution < 1.29 is 13.0 Å². The molecule has 0 aliphatic carbocycles. The van der Waals surface area contributed by atoms with Crippen LogP contribution in [0.15, 0.2) is 30.3 Å². The van der Waals surface area contributed by atoms with Crippen molar-refractivity contribution >= 4 is 10.1 Å². The summed E-state index contributed by atoms with van der Waals surface area (Å²) in [5.74, 6) is -0.200. The fourth-order valence-corrected chi connectivity index (χ4v) is 3.22. The zero-order chi connectivity index (χ0) is 16.1. The Balaban J connectivity index is 1.80. The minimum atomic E-state index is -4.00. The lowest BCUT2D eigenvalue weighted by atomic mass is 10.0. The van der Waals surface area contributed by atoms with E-state index in [1.165, 1.54) is 50.5 Å². The Hall–Kier alpha value is -0.870. The average Bonchev–Trinajstić information content (AvgIpc) is 2.48. The highest BCUT2D eigenvalue weighted by molar-refractivity contribution is 7.85. The van der Waals surface area contributed by atoms with Gasteiger partial charge in [0.15, 0.2) is 0 Å². The van der Waals surface area contributed by atoms with E-state index in [-0.39, 0.29) is 5.75 Å². The molecule has 0 bridgehead atoms. The smallest absolute Gasteiger partial charge is 0.0945 e. The van der Waals surface area contributed by atoms with Crippen LogP contribution in [0, 0.1) is 0 Å². The van der Waals surface area contributed by atoms with Crippen molar-refractivity contribution in [1.29, 1.82) is 0 Å². The van der Waals surface area contributed by atoms with E-state index in [0.717, 1.165) is 19.3 Å². The second-order valence-corrected chi connectivity index (χ2v) is 7.56. The third-order valence-corrected chi connectivity index (χ3v) is 4.74. The minimum absolute atomic E-state index is 0.200. The molecule has 0 fully saturated rings. The number of hydrogen-bond acceptors (Lipinski definition) is 3. The van der Waals surface area contributed by atoms with E-state index in [2.05, 4.69) is 30.3 Å². The van der Waals surface area contributed by atoms with Crippen LogP contribution in [0.2, 0.25) is 0 Å². The molecule has 0 aliphatic rings. The molecule has 1 aromatic carbocycles. The third kappa shape index (κ3) is 11.8. The van der Waals surface area contributed by atoms with Crippen LogP contribution in [-0.4, -0.2) is 18.7 Å². The van der Waals surface area contributed by atoms with Gasteiger partial charge in [0, 0.05) is 5.75 Å². The lowest BCUT2D eigenvalue weighted by Gasteiger charge is -2.06. The molecule has 0 aromatic heterocycles. The zero-order valence-electron chi connectivity index (χ0n) is 13.5. The van der Waals surface area contributed by atoms with Crippen molar-refractivity contribution in [3.8, 4) is 0 Å². The molecule has 0 spiro atoms. The molecule has 0 unspecified atom stereocenters. The van der Waals surface area contributed by atoms with Crippen molar-refractivity contribution in [1.82, 2.24) is 0 Å². The summed E-state index contributed by atoms with van der Waals surface area (Å²) in [6.07, 6.45) is 12.4. The van der Waals surface area contributed by atoms with Gasteiger partial charge in [0.05, 0.1) is 10.1 Å². The van der Waals surface area contributed by atoms with Gasteiger partial charge in [-0.15, -0.1) is 0 Å². The van der Waals surface area contributed by atoms with Crippen molar-refractivity contribution in [3.05, 3.63) is 35.9 Å². The summed E-state index contributed by atoms with van der Waals surface area (Å²) in [5.41, 5.74) is 1.43. The fraction of sp³-hybridized carbons (Fsp3) is 0.667. The van der Waals surface area contributed by atoms with Gasteiger partial charge in [-0.25, -0.2) is 8.42 Å². The van der Waals surface area contributed by atoms with Crippen LogP contribution < -0.4 is 0 Å². The molecule has 4 heteroatoms. The van der Waals surface area contributed by atoms with Crippen LogP contribution >= 0.6 is 0 Å². The summed E-state index contributed by atoms with van der Waals surface area (Å²) in [6.45, 7) is 0. The zero-order valence-corrected chi connectivity index (χ0v) is 14.3. The number of benzene rings is 1. The maximum Gasteiger partial charge on any atom is 0.0945 e. The number of aryl methyl sites for hydroxylation is 1. The number of rotatable bonds is 13. The highest BCUT2D eigenvalue weighted by atomic mass is 32.2. The Morgan fingerprint density at radius 3 is 1.64 bits per heavy atom. The molecule has 0 atom stereocenters. The van der Waals surface area contributed by atoms with Crippen molar-refractivity contribution in [2.24, 2.45) is 0 Å². The molecular formula is C18H29O3S-. The number of unbranched alkanes of at least 4 members (excludes halogenated alkanes) is 9. The van der Waals surface area contributed by atoms with Crippen molar-refractivity contribution in [2.45, 2.75) is 70.6 Å². The third-order valence-electron chi connectivity index (χ3n) is 3.95. The summed E-state index contributed by atoms with van der Waals surface area (Å²) < 4.78 is 31.3. The molecule has 0 radical (unpaired) electrons. The fourth-order valence-electron chi connectivity index (χ4n) is 2.67. The van der Waals surface area contributed by atoms with E-state index in [1.54, 1.807) is 0 Å². The Labute approximate surface area is 135 Å². The Morgan fingerprint density at radius 2 is 1.14 bits per heavy atom. The number of hydrogen-bond donors (Lipinski definition) is 0. The lowest BCUT2D eigenvalue weighted by molar-refractivity contribution is 0.459. The summed E-state index contributed by atoms with van der Waals surface area (Å²) in [5, 5.41) is 0. The largest absolute Gasteiger partial charge is 0.748 e. The van der Waals surface area contributed by atoms with Crippen LogP contribution in [0.1, 0.15) is 69.8 Å². The second kappa shape index (κ2) is 11.7. The highest BCUT2D eigenvalue weighted by Gasteiger charge is 1.97. The lowest BCUT2D eigenvalue weighted by Crippen LogP contribution is -2.03. The normalized spacial score (nSPS) is 11.7. The van der Waals surface area contributed by atoms with Crippen LogP contribution in [0.3, 0.4) is 0 Å². The molecule has 0 saturated heterocycles. The molecule has 1 rings (SSSR count). The van der Waals surface area contributed by atoms with Crippen LogP contribution in [0.5, 0.6) is 0 Å². The molecule has 0 saturated carbocycles. The monoisotopic (exact) mass is 325 g/mol. The first-order valence-electron chi connectivity index (χ1n) is 8.55. The van der Waals surface area contributed by atoms with Gasteiger partial charge >= 0.3 is 0 Å². The van der Waals surface area contributed by atoms with E-state index in [9.17, 15) is 13.0 Å². The highest BCUT2D eigenvalue weighted by Crippen LogP contribution is 2.12. The van der Waals surface area contributed by atoms with Gasteiger partial charge in [0.2, 0.25) is 0 Å². The molecule has 0 amide bonds. The summed E-state index contributed by atoms with van der Waals surface area (Å²) in [4.78, 5) is 0. The van der Waals surface area contributed by atoms with E-state index in [1.807, 2.05) is 0 Å². The standard InChI is InChI=1S/C18H30O3S/c19-22(20,21)17-13-8-6-4-2-1-3-5-7-10-14-18-15-11-9-12-16-18/h9,11-12,15-16H,1-8,10,13-14,17H2,(H,19,20,21)/p-1. The second-order valence-electron chi connectivity index (χ2n) is 6.03. The van der Waals surface area contributed by atoms with E-state index >= 15 is 0 Å². The van der Waals surface area contributed by atoms with Crippen molar-refractivity contribution in [2.75, 3.05) is 5.75 Å². The summed E-state index contributed by atoms with van der Waals surface area (Å²) in [6, 6.07) is 10.6. The summed E-state index contributed by atoms with van der Waals surface area (Å²) in [7, 11) is -4.00. The van der Waals surface area contributed by atoms with Gasteiger partial charge in [-0.1, -0.05) is 81.7 Å². The van der Waals surface area contributed by atoms with Gasteiger partial charge < -0.3 is 4.55 Å². The molecule has 0 N–H and O–H groups in total. The molecule has 126 valence electrons. The maximum atomic E-state index is 10.4. The van der Waals surface area contributed by atoms with E-state index in [0.29, 0.717) is 6.42 Å². The predicted molar refractivity (Wildman–Crippen MR) is 90.9 cm³/mol. The average molecular weight is 325 g/mol. The molecule has 3 nitrogen and oxygen atoms in total. The van der Waals surface area contributed by atoms with Gasteiger partial charge in [-0.05, 0) is 24.8 Å². The Kier molecular flexibility index (Phi) is 10.2. The van der Waals surface area contributed by atoms with E-state index < -0.39 is 10.1 Å². The Bertz CT molecular complexity index is 468. The predicted octanol–water partition coefficient (Wildman–Crippen LogP) is 4.68. The van der Waals surface area contributed by atoms with Gasteiger partial charge in [-0.2, -0.15) is 0 Å². The minimum Gasteiger partial charge on any atom is -0.748 e. The summed E-state index contributed by atoms with van der Waals surface area (Å²) >= 11 is 0. The van der Waals surface area contributed by atoms with Gasteiger partial charge in [0.1, 0.15) is 0 Å². The van der Waals surface area contributed by atoms with Crippen LogP contribution in [0.4, 0.5) is 0 Å². The SMILES string of the molecule is O=S(=O)([O-])CCCCCCCCCCCCc1ccccc1. The molecule has 1 aromatic rings. The first-order valence-corrected chi connectivity index (χ1v) is 10.1. The molecule has 0 heterocycles.